The Kier molecular flexibility index (Phi) is 6.32. The van der Waals surface area contributed by atoms with Crippen LogP contribution in [-0.2, 0) is 11.3 Å². The SMILES string of the molecule is CC(=O)c1ccc(C=CCNC(=O)OCc2ccccc2)cc1C. The van der Waals surface area contributed by atoms with Gasteiger partial charge in [0, 0.05) is 12.1 Å². The average molecular weight is 323 g/mol. The van der Waals surface area contributed by atoms with E-state index in [-0.39, 0.29) is 12.4 Å². The largest absolute Gasteiger partial charge is 0.445 e. The molecule has 0 aliphatic heterocycles. The number of rotatable bonds is 6. The molecule has 24 heavy (non-hydrogen) atoms. The molecule has 0 bridgehead atoms. The van der Waals surface area contributed by atoms with Gasteiger partial charge >= 0.3 is 6.09 Å². The molecule has 0 aliphatic rings. The van der Waals surface area contributed by atoms with Crippen molar-refractivity contribution in [3.8, 4) is 0 Å². The standard InChI is InChI=1S/C20H21NO3/c1-15-13-17(10-11-19(15)16(2)22)9-6-12-21-20(23)24-14-18-7-4-3-5-8-18/h3-11,13H,12,14H2,1-2H3,(H,21,23). The number of carbonyl (C=O) groups excluding carboxylic acids is 2. The summed E-state index contributed by atoms with van der Waals surface area (Å²) in [5.74, 6) is 0.0610. The average Bonchev–Trinajstić information content (AvgIpc) is 2.57. The number of carbonyl (C=O) groups is 2. The fourth-order valence-electron chi connectivity index (χ4n) is 2.30. The van der Waals surface area contributed by atoms with Crippen LogP contribution in [0.4, 0.5) is 4.79 Å². The molecule has 0 saturated carbocycles. The molecule has 0 unspecified atom stereocenters. The van der Waals surface area contributed by atoms with Crippen LogP contribution < -0.4 is 5.32 Å². The van der Waals surface area contributed by atoms with E-state index in [4.69, 9.17) is 4.74 Å². The van der Waals surface area contributed by atoms with Crippen molar-refractivity contribution in [3.05, 3.63) is 76.9 Å². The third-order valence-corrected chi connectivity index (χ3v) is 3.52. The van der Waals surface area contributed by atoms with Crippen LogP contribution in [0.1, 0.15) is 34.0 Å². The summed E-state index contributed by atoms with van der Waals surface area (Å²) < 4.78 is 5.12. The van der Waals surface area contributed by atoms with E-state index in [1.54, 1.807) is 6.92 Å². The quantitative estimate of drug-likeness (QED) is 0.813. The molecule has 124 valence electrons. The second-order valence-electron chi connectivity index (χ2n) is 5.48. The van der Waals surface area contributed by atoms with E-state index >= 15 is 0 Å². The van der Waals surface area contributed by atoms with Gasteiger partial charge < -0.3 is 10.1 Å². The fraction of sp³-hybridized carbons (Fsp3) is 0.200. The second-order valence-corrected chi connectivity index (χ2v) is 5.48. The number of amides is 1. The lowest BCUT2D eigenvalue weighted by molar-refractivity contribution is 0.101. The van der Waals surface area contributed by atoms with Crippen molar-refractivity contribution >= 4 is 18.0 Å². The van der Waals surface area contributed by atoms with Crippen LogP contribution in [0.3, 0.4) is 0 Å². The lowest BCUT2D eigenvalue weighted by Gasteiger charge is -2.05. The first kappa shape index (κ1) is 17.5. The van der Waals surface area contributed by atoms with Gasteiger partial charge in [-0.25, -0.2) is 4.79 Å². The van der Waals surface area contributed by atoms with Crippen LogP contribution >= 0.6 is 0 Å². The third-order valence-electron chi connectivity index (χ3n) is 3.52. The molecule has 0 saturated heterocycles. The number of nitrogens with one attached hydrogen (secondary N) is 1. The number of ketones is 1. The molecular formula is C20H21NO3. The molecule has 4 nitrogen and oxygen atoms in total. The zero-order chi connectivity index (χ0) is 17.4. The van der Waals surface area contributed by atoms with Gasteiger partial charge in [0.05, 0.1) is 0 Å². The number of hydrogen-bond acceptors (Lipinski definition) is 3. The Hall–Kier alpha value is -2.88. The first-order valence-corrected chi connectivity index (χ1v) is 7.79. The minimum atomic E-state index is -0.452. The monoisotopic (exact) mass is 323 g/mol. The molecule has 0 heterocycles. The van der Waals surface area contributed by atoms with E-state index in [1.165, 1.54) is 0 Å². The summed E-state index contributed by atoms with van der Waals surface area (Å²) in [5.41, 5.74) is 3.61. The van der Waals surface area contributed by atoms with Gasteiger partial charge in [0.15, 0.2) is 5.78 Å². The zero-order valence-electron chi connectivity index (χ0n) is 13.9. The molecule has 0 aromatic heterocycles. The van der Waals surface area contributed by atoms with Crippen molar-refractivity contribution in [2.45, 2.75) is 20.5 Å². The summed E-state index contributed by atoms with van der Waals surface area (Å²) in [4.78, 5) is 23.0. The van der Waals surface area contributed by atoms with Gasteiger partial charge in [-0.15, -0.1) is 0 Å². The minimum absolute atomic E-state index is 0.0610. The van der Waals surface area contributed by atoms with Gasteiger partial charge in [-0.3, -0.25) is 4.79 Å². The van der Waals surface area contributed by atoms with Crippen LogP contribution in [0.25, 0.3) is 6.08 Å². The predicted molar refractivity (Wildman–Crippen MR) is 94.8 cm³/mol. The van der Waals surface area contributed by atoms with Crippen LogP contribution in [-0.4, -0.2) is 18.4 Å². The third kappa shape index (κ3) is 5.39. The van der Waals surface area contributed by atoms with Gasteiger partial charge in [0.1, 0.15) is 6.61 Å². The molecule has 0 spiro atoms. The highest BCUT2D eigenvalue weighted by Crippen LogP contribution is 2.12. The smallest absolute Gasteiger partial charge is 0.407 e. The predicted octanol–water partition coefficient (Wildman–Crippen LogP) is 4.14. The van der Waals surface area contributed by atoms with Gasteiger partial charge in [0.2, 0.25) is 0 Å². The van der Waals surface area contributed by atoms with Crippen molar-refractivity contribution in [2.75, 3.05) is 6.54 Å². The van der Waals surface area contributed by atoms with E-state index in [0.717, 1.165) is 22.3 Å². The van der Waals surface area contributed by atoms with Crippen molar-refractivity contribution in [3.63, 3.8) is 0 Å². The van der Waals surface area contributed by atoms with Crippen LogP contribution in [0.15, 0.2) is 54.6 Å². The number of benzene rings is 2. The van der Waals surface area contributed by atoms with Gasteiger partial charge in [-0.1, -0.05) is 60.7 Å². The molecular weight excluding hydrogens is 302 g/mol. The van der Waals surface area contributed by atoms with E-state index in [9.17, 15) is 9.59 Å². The topological polar surface area (TPSA) is 55.4 Å². The Bertz CT molecular complexity index is 736. The Morgan fingerprint density at radius 2 is 1.88 bits per heavy atom. The molecule has 0 atom stereocenters. The van der Waals surface area contributed by atoms with E-state index < -0.39 is 6.09 Å². The summed E-state index contributed by atoms with van der Waals surface area (Å²) in [7, 11) is 0. The Balaban J connectivity index is 1.77. The number of hydrogen-bond donors (Lipinski definition) is 1. The van der Waals surface area contributed by atoms with Crippen LogP contribution in [0, 0.1) is 6.92 Å². The molecule has 0 fully saturated rings. The van der Waals surface area contributed by atoms with Crippen LogP contribution in [0.5, 0.6) is 0 Å². The van der Waals surface area contributed by atoms with Gasteiger partial charge in [-0.2, -0.15) is 0 Å². The first-order valence-electron chi connectivity index (χ1n) is 7.79. The summed E-state index contributed by atoms with van der Waals surface area (Å²) >= 11 is 0. The number of aryl methyl sites for hydroxylation is 1. The normalized spacial score (nSPS) is 10.6. The molecule has 2 aromatic carbocycles. The maximum atomic E-state index is 11.6. The van der Waals surface area contributed by atoms with E-state index in [2.05, 4.69) is 5.32 Å². The summed E-state index contributed by atoms with van der Waals surface area (Å²) in [6.07, 6.45) is 3.28. The number of ether oxygens (including phenoxy) is 1. The maximum Gasteiger partial charge on any atom is 0.407 e. The number of alkyl carbamates (subject to hydrolysis) is 1. The lowest BCUT2D eigenvalue weighted by atomic mass is 10.0. The van der Waals surface area contributed by atoms with Crippen LogP contribution in [0.2, 0.25) is 0 Å². The fourth-order valence-corrected chi connectivity index (χ4v) is 2.30. The van der Waals surface area contributed by atoms with E-state index in [1.807, 2.05) is 67.6 Å². The van der Waals surface area contributed by atoms with Gasteiger partial charge in [0.25, 0.3) is 0 Å². The number of Topliss-reactive ketones (excluding diaryl/α,β-unsaturated/α-hetero) is 1. The summed E-state index contributed by atoms with van der Waals surface area (Å²) in [6.45, 7) is 4.10. The molecule has 4 heteroatoms. The van der Waals surface area contributed by atoms with Crippen molar-refractivity contribution in [1.82, 2.24) is 5.32 Å². The maximum absolute atomic E-state index is 11.6. The molecule has 1 N–H and O–H groups in total. The molecule has 0 radical (unpaired) electrons. The Morgan fingerprint density at radius 1 is 1.12 bits per heavy atom. The molecule has 2 aromatic rings. The Morgan fingerprint density at radius 3 is 2.54 bits per heavy atom. The zero-order valence-corrected chi connectivity index (χ0v) is 13.9. The lowest BCUT2D eigenvalue weighted by Crippen LogP contribution is -2.24. The highest BCUT2D eigenvalue weighted by Gasteiger charge is 2.03. The van der Waals surface area contributed by atoms with Crippen molar-refractivity contribution in [1.29, 1.82) is 0 Å². The summed E-state index contributed by atoms with van der Waals surface area (Å²) in [6, 6.07) is 15.2. The van der Waals surface area contributed by atoms with Crippen molar-refractivity contribution in [2.24, 2.45) is 0 Å². The van der Waals surface area contributed by atoms with Gasteiger partial charge in [-0.05, 0) is 30.5 Å². The van der Waals surface area contributed by atoms with E-state index in [0.29, 0.717) is 6.54 Å². The molecule has 0 aliphatic carbocycles. The second kappa shape index (κ2) is 8.67. The summed E-state index contributed by atoms with van der Waals surface area (Å²) in [5, 5.41) is 2.67. The highest BCUT2D eigenvalue weighted by atomic mass is 16.5. The Labute approximate surface area is 142 Å². The molecule has 1 amide bonds. The molecule has 2 rings (SSSR count). The van der Waals surface area contributed by atoms with Crippen molar-refractivity contribution < 1.29 is 14.3 Å². The minimum Gasteiger partial charge on any atom is -0.445 e. The highest BCUT2D eigenvalue weighted by molar-refractivity contribution is 5.95. The first-order chi connectivity index (χ1) is 11.6.